The average molecular weight is 353 g/mol. The van der Waals surface area contributed by atoms with E-state index in [9.17, 15) is 4.79 Å². The molecule has 2 aromatic carbocycles. The van der Waals surface area contributed by atoms with Gasteiger partial charge in [0.15, 0.2) is 0 Å². The van der Waals surface area contributed by atoms with E-state index in [2.05, 4.69) is 49.5 Å². The van der Waals surface area contributed by atoms with E-state index >= 15 is 0 Å². The van der Waals surface area contributed by atoms with E-state index in [-0.39, 0.29) is 12.0 Å². The number of hydrogen-bond donors (Lipinski definition) is 1. The molecule has 0 bridgehead atoms. The van der Waals surface area contributed by atoms with Gasteiger partial charge in [-0.3, -0.25) is 4.79 Å². The first kappa shape index (κ1) is 18.3. The molecule has 1 aliphatic rings. The molecule has 0 fully saturated rings. The fraction of sp³-hybridized carbons (Fsp3) is 0.409. The van der Waals surface area contributed by atoms with Crippen LogP contribution in [0.2, 0.25) is 0 Å². The second-order valence-electron chi connectivity index (χ2n) is 6.90. The van der Waals surface area contributed by atoms with Gasteiger partial charge in [-0.1, -0.05) is 29.8 Å². The fourth-order valence-corrected chi connectivity index (χ4v) is 3.20. The lowest BCUT2D eigenvalue weighted by Crippen LogP contribution is -2.23. The minimum absolute atomic E-state index is 0.0443. The number of aryl methyl sites for hydroxylation is 2. The molecule has 0 aromatic heterocycles. The third kappa shape index (κ3) is 4.57. The molecular weight excluding hydrogens is 326 g/mol. The highest BCUT2D eigenvalue weighted by atomic mass is 16.5. The molecule has 4 heteroatoms. The summed E-state index contributed by atoms with van der Waals surface area (Å²) in [6.07, 6.45) is 2.32. The number of amides is 1. The van der Waals surface area contributed by atoms with Gasteiger partial charge in [-0.2, -0.15) is 0 Å². The monoisotopic (exact) mass is 353 g/mol. The molecule has 1 aliphatic heterocycles. The molecule has 0 radical (unpaired) electrons. The number of benzene rings is 2. The molecule has 1 atom stereocenters. The number of nitrogens with one attached hydrogen (secondary N) is 1. The molecule has 138 valence electrons. The highest BCUT2D eigenvalue weighted by Gasteiger charge is 2.22. The average Bonchev–Trinajstić information content (AvgIpc) is 2.98. The van der Waals surface area contributed by atoms with Crippen molar-refractivity contribution in [3.05, 3.63) is 58.7 Å². The summed E-state index contributed by atoms with van der Waals surface area (Å²) in [6.45, 7) is 7.15. The van der Waals surface area contributed by atoms with Crippen molar-refractivity contribution in [1.82, 2.24) is 5.32 Å². The fourth-order valence-electron chi connectivity index (χ4n) is 3.20. The van der Waals surface area contributed by atoms with Crippen LogP contribution < -0.4 is 14.8 Å². The van der Waals surface area contributed by atoms with Crippen LogP contribution in [0.5, 0.6) is 11.5 Å². The smallest absolute Gasteiger partial charge is 0.220 e. The number of hydrogen-bond acceptors (Lipinski definition) is 3. The zero-order valence-electron chi connectivity index (χ0n) is 15.8. The minimum atomic E-state index is 0.0443. The van der Waals surface area contributed by atoms with Gasteiger partial charge in [0, 0.05) is 30.5 Å². The standard InChI is InChI=1S/C22H27NO3/c1-4-25-20-12-18-11-16(3)26-21(18)13-19(20)14-23-22(24)10-9-17-7-5-15(2)6-8-17/h5-8,12-13,16H,4,9-11,14H2,1-3H3,(H,23,24). The van der Waals surface area contributed by atoms with E-state index in [1.807, 2.05) is 13.0 Å². The molecule has 0 spiro atoms. The number of carbonyl (C=O) groups is 1. The van der Waals surface area contributed by atoms with Crippen molar-refractivity contribution < 1.29 is 14.3 Å². The zero-order chi connectivity index (χ0) is 18.5. The van der Waals surface area contributed by atoms with Gasteiger partial charge in [0.05, 0.1) is 6.61 Å². The summed E-state index contributed by atoms with van der Waals surface area (Å²) in [5.74, 6) is 1.79. The van der Waals surface area contributed by atoms with E-state index in [1.54, 1.807) is 0 Å². The third-order valence-electron chi connectivity index (χ3n) is 4.62. The van der Waals surface area contributed by atoms with E-state index in [0.29, 0.717) is 19.6 Å². The van der Waals surface area contributed by atoms with Crippen LogP contribution in [-0.4, -0.2) is 18.6 Å². The summed E-state index contributed by atoms with van der Waals surface area (Å²) in [6, 6.07) is 12.4. The molecule has 3 rings (SSSR count). The Balaban J connectivity index is 1.58. The summed E-state index contributed by atoms with van der Waals surface area (Å²) >= 11 is 0. The second kappa shape index (κ2) is 8.26. The summed E-state index contributed by atoms with van der Waals surface area (Å²) in [4.78, 5) is 12.2. The predicted molar refractivity (Wildman–Crippen MR) is 103 cm³/mol. The summed E-state index contributed by atoms with van der Waals surface area (Å²) in [5.41, 5.74) is 4.55. The molecule has 1 N–H and O–H groups in total. The number of rotatable bonds is 7. The van der Waals surface area contributed by atoms with Crippen molar-refractivity contribution in [2.45, 2.75) is 52.7 Å². The Morgan fingerprint density at radius 3 is 2.77 bits per heavy atom. The molecule has 1 unspecified atom stereocenters. The Hall–Kier alpha value is -2.49. The first-order valence-corrected chi connectivity index (χ1v) is 9.32. The van der Waals surface area contributed by atoms with Crippen molar-refractivity contribution in [3.8, 4) is 11.5 Å². The molecule has 26 heavy (non-hydrogen) atoms. The SMILES string of the molecule is CCOc1cc2c(cc1CNC(=O)CCc1ccc(C)cc1)OC(C)C2. The van der Waals surface area contributed by atoms with Crippen LogP contribution in [0.15, 0.2) is 36.4 Å². The highest BCUT2D eigenvalue weighted by molar-refractivity contribution is 5.76. The summed E-state index contributed by atoms with van der Waals surface area (Å²) < 4.78 is 11.6. The largest absolute Gasteiger partial charge is 0.494 e. The lowest BCUT2D eigenvalue weighted by Gasteiger charge is -2.13. The maximum absolute atomic E-state index is 12.2. The minimum Gasteiger partial charge on any atom is -0.494 e. The van der Waals surface area contributed by atoms with Gasteiger partial charge in [-0.25, -0.2) is 0 Å². The van der Waals surface area contributed by atoms with Crippen molar-refractivity contribution in [2.75, 3.05) is 6.61 Å². The first-order chi connectivity index (χ1) is 12.5. The van der Waals surface area contributed by atoms with Gasteiger partial charge in [0.1, 0.15) is 17.6 Å². The summed E-state index contributed by atoms with van der Waals surface area (Å²) in [7, 11) is 0. The molecule has 0 saturated carbocycles. The Bertz CT molecular complexity index is 768. The lowest BCUT2D eigenvalue weighted by atomic mass is 10.1. The van der Waals surface area contributed by atoms with Crippen molar-refractivity contribution >= 4 is 5.91 Å². The van der Waals surface area contributed by atoms with Gasteiger partial charge >= 0.3 is 0 Å². The van der Waals surface area contributed by atoms with Crippen LogP contribution in [0.25, 0.3) is 0 Å². The Morgan fingerprint density at radius 2 is 2.04 bits per heavy atom. The molecule has 0 aliphatic carbocycles. The van der Waals surface area contributed by atoms with Gasteiger partial charge in [0.25, 0.3) is 0 Å². The van der Waals surface area contributed by atoms with E-state index in [0.717, 1.165) is 29.9 Å². The highest BCUT2D eigenvalue weighted by Crippen LogP contribution is 2.35. The van der Waals surface area contributed by atoms with E-state index < -0.39 is 0 Å². The van der Waals surface area contributed by atoms with Crippen molar-refractivity contribution in [3.63, 3.8) is 0 Å². The molecule has 1 amide bonds. The number of ether oxygens (including phenoxy) is 2. The molecule has 0 saturated heterocycles. The summed E-state index contributed by atoms with van der Waals surface area (Å²) in [5, 5.41) is 3.01. The van der Waals surface area contributed by atoms with Gasteiger partial charge in [0.2, 0.25) is 5.91 Å². The number of carbonyl (C=O) groups excluding carboxylic acids is 1. The third-order valence-corrected chi connectivity index (χ3v) is 4.62. The Morgan fingerprint density at radius 1 is 1.27 bits per heavy atom. The molecule has 2 aromatic rings. The van der Waals surface area contributed by atoms with Crippen LogP contribution in [-0.2, 0) is 24.2 Å². The Labute approximate surface area is 155 Å². The topological polar surface area (TPSA) is 47.6 Å². The zero-order valence-corrected chi connectivity index (χ0v) is 15.8. The molecule has 1 heterocycles. The second-order valence-corrected chi connectivity index (χ2v) is 6.90. The van der Waals surface area contributed by atoms with Gasteiger partial charge in [-0.15, -0.1) is 0 Å². The van der Waals surface area contributed by atoms with Gasteiger partial charge < -0.3 is 14.8 Å². The first-order valence-electron chi connectivity index (χ1n) is 9.32. The van der Waals surface area contributed by atoms with Gasteiger partial charge in [-0.05, 0) is 44.9 Å². The normalized spacial score (nSPS) is 15.3. The van der Waals surface area contributed by atoms with Crippen LogP contribution in [0.4, 0.5) is 0 Å². The Kier molecular flexibility index (Phi) is 5.82. The number of fused-ring (bicyclic) bond motifs is 1. The molecule has 4 nitrogen and oxygen atoms in total. The lowest BCUT2D eigenvalue weighted by molar-refractivity contribution is -0.121. The quantitative estimate of drug-likeness (QED) is 0.819. The van der Waals surface area contributed by atoms with Crippen LogP contribution >= 0.6 is 0 Å². The van der Waals surface area contributed by atoms with Crippen molar-refractivity contribution in [2.24, 2.45) is 0 Å². The van der Waals surface area contributed by atoms with Crippen LogP contribution in [0.3, 0.4) is 0 Å². The maximum atomic E-state index is 12.2. The van der Waals surface area contributed by atoms with Crippen LogP contribution in [0.1, 0.15) is 42.5 Å². The van der Waals surface area contributed by atoms with E-state index in [4.69, 9.17) is 9.47 Å². The maximum Gasteiger partial charge on any atom is 0.220 e. The van der Waals surface area contributed by atoms with E-state index in [1.165, 1.54) is 16.7 Å². The molecular formula is C22H27NO3. The van der Waals surface area contributed by atoms with Crippen molar-refractivity contribution in [1.29, 1.82) is 0 Å². The van der Waals surface area contributed by atoms with Crippen LogP contribution in [0, 0.1) is 6.92 Å². The predicted octanol–water partition coefficient (Wildman–Crippen LogP) is 3.97.